The Morgan fingerprint density at radius 2 is 1.89 bits per heavy atom. The third-order valence-electron chi connectivity index (χ3n) is 2.48. The molecule has 0 fully saturated rings. The van der Waals surface area contributed by atoms with Crippen molar-refractivity contribution < 1.29 is 15.3 Å². The lowest BCUT2D eigenvalue weighted by Crippen LogP contribution is -2.41. The molecule has 4 N–H and O–H groups in total. The van der Waals surface area contributed by atoms with Crippen molar-refractivity contribution in [3.63, 3.8) is 0 Å². The molecule has 0 bridgehead atoms. The quantitative estimate of drug-likeness (QED) is 0.231. The molecule has 0 heterocycles. The molecule has 0 amide bonds. The smallest absolute Gasteiger partial charge is 0.0813 e. The van der Waals surface area contributed by atoms with Gasteiger partial charge in [-0.3, -0.25) is 4.84 Å². The summed E-state index contributed by atoms with van der Waals surface area (Å²) in [5, 5.41) is 26.9. The fourth-order valence-corrected chi connectivity index (χ4v) is 1.55. The van der Waals surface area contributed by atoms with E-state index in [9.17, 15) is 0 Å². The van der Waals surface area contributed by atoms with Crippen molar-refractivity contribution in [2.24, 2.45) is 15.7 Å². The van der Waals surface area contributed by atoms with E-state index >= 15 is 0 Å². The molecular weight excluding hydrogens is 248 g/mol. The fraction of sp³-hybridized carbons (Fsp3) is 0.833. The summed E-state index contributed by atoms with van der Waals surface area (Å²) in [6.45, 7) is 11.1. The maximum absolute atomic E-state index is 9.00. The van der Waals surface area contributed by atoms with Crippen LogP contribution in [-0.4, -0.2) is 47.6 Å². The van der Waals surface area contributed by atoms with Crippen LogP contribution in [0.3, 0.4) is 0 Å². The summed E-state index contributed by atoms with van der Waals surface area (Å²) < 4.78 is 0. The molecule has 1 atom stereocenters. The van der Waals surface area contributed by atoms with Gasteiger partial charge in [0.1, 0.15) is 0 Å². The SMILES string of the molecule is CC(CNCCONC(C)C(=NO)C(C)(C)C)=NO. The van der Waals surface area contributed by atoms with E-state index < -0.39 is 0 Å². The van der Waals surface area contributed by atoms with Gasteiger partial charge in [-0.2, -0.15) is 5.48 Å². The van der Waals surface area contributed by atoms with Crippen molar-refractivity contribution >= 4 is 11.4 Å². The van der Waals surface area contributed by atoms with Gasteiger partial charge in [-0.25, -0.2) is 0 Å². The van der Waals surface area contributed by atoms with Crippen LogP contribution in [0.5, 0.6) is 0 Å². The maximum atomic E-state index is 9.00. The van der Waals surface area contributed by atoms with Crippen LogP contribution in [0.1, 0.15) is 34.6 Å². The summed E-state index contributed by atoms with van der Waals surface area (Å²) in [6.07, 6.45) is 0. The van der Waals surface area contributed by atoms with E-state index in [1.807, 2.05) is 27.7 Å². The van der Waals surface area contributed by atoms with Gasteiger partial charge >= 0.3 is 0 Å². The highest BCUT2D eigenvalue weighted by molar-refractivity contribution is 5.93. The fourth-order valence-electron chi connectivity index (χ4n) is 1.55. The normalized spacial score (nSPS) is 15.6. The summed E-state index contributed by atoms with van der Waals surface area (Å²) in [5.74, 6) is 0. The first-order valence-corrected chi connectivity index (χ1v) is 6.31. The van der Waals surface area contributed by atoms with Gasteiger partial charge in [0.2, 0.25) is 0 Å². The first kappa shape index (κ1) is 17.8. The molecule has 0 rings (SSSR count). The van der Waals surface area contributed by atoms with Gasteiger partial charge in [0.25, 0.3) is 0 Å². The second kappa shape index (κ2) is 8.84. The van der Waals surface area contributed by atoms with Gasteiger partial charge in [-0.1, -0.05) is 31.1 Å². The second-order valence-electron chi connectivity index (χ2n) is 5.44. The number of oxime groups is 2. The minimum atomic E-state index is -0.225. The minimum Gasteiger partial charge on any atom is -0.411 e. The molecule has 0 spiro atoms. The van der Waals surface area contributed by atoms with Gasteiger partial charge in [0.05, 0.1) is 24.1 Å². The molecule has 0 aliphatic rings. The highest BCUT2D eigenvalue weighted by Crippen LogP contribution is 2.18. The monoisotopic (exact) mass is 274 g/mol. The predicted octanol–water partition coefficient (Wildman–Crippen LogP) is 1.21. The molecular formula is C12H26N4O3. The minimum absolute atomic E-state index is 0.175. The summed E-state index contributed by atoms with van der Waals surface area (Å²) in [5.41, 5.74) is 3.85. The number of hydrogen-bond donors (Lipinski definition) is 4. The highest BCUT2D eigenvalue weighted by atomic mass is 16.6. The van der Waals surface area contributed by atoms with E-state index in [4.69, 9.17) is 15.3 Å². The van der Waals surface area contributed by atoms with Gasteiger partial charge < -0.3 is 15.7 Å². The molecule has 7 heteroatoms. The van der Waals surface area contributed by atoms with Crippen molar-refractivity contribution in [3.05, 3.63) is 0 Å². The lowest BCUT2D eigenvalue weighted by Gasteiger charge is -2.25. The van der Waals surface area contributed by atoms with Crippen molar-refractivity contribution in [1.82, 2.24) is 10.8 Å². The number of nitrogens with one attached hydrogen (secondary N) is 2. The van der Waals surface area contributed by atoms with Crippen LogP contribution in [0.4, 0.5) is 0 Å². The summed E-state index contributed by atoms with van der Waals surface area (Å²) in [6, 6.07) is -0.175. The van der Waals surface area contributed by atoms with Gasteiger partial charge in [-0.15, -0.1) is 0 Å². The summed E-state index contributed by atoms with van der Waals surface area (Å²) in [7, 11) is 0. The van der Waals surface area contributed by atoms with Crippen molar-refractivity contribution in [3.8, 4) is 0 Å². The van der Waals surface area contributed by atoms with Crippen LogP contribution in [0, 0.1) is 5.41 Å². The van der Waals surface area contributed by atoms with E-state index in [2.05, 4.69) is 21.1 Å². The summed E-state index contributed by atoms with van der Waals surface area (Å²) >= 11 is 0. The number of rotatable bonds is 8. The van der Waals surface area contributed by atoms with E-state index in [0.29, 0.717) is 31.1 Å². The first-order chi connectivity index (χ1) is 8.82. The van der Waals surface area contributed by atoms with Gasteiger partial charge in [0, 0.05) is 18.5 Å². The zero-order chi connectivity index (χ0) is 14.9. The zero-order valence-electron chi connectivity index (χ0n) is 12.4. The molecule has 0 saturated carbocycles. The highest BCUT2D eigenvalue weighted by Gasteiger charge is 2.25. The maximum Gasteiger partial charge on any atom is 0.0813 e. The Bertz CT molecular complexity index is 311. The Morgan fingerprint density at radius 3 is 2.37 bits per heavy atom. The van der Waals surface area contributed by atoms with Crippen LogP contribution in [0.15, 0.2) is 10.3 Å². The molecule has 0 aliphatic heterocycles. The molecule has 112 valence electrons. The third kappa shape index (κ3) is 7.76. The van der Waals surface area contributed by atoms with Crippen LogP contribution in [0.2, 0.25) is 0 Å². The standard InChI is InChI=1S/C12H26N4O3/c1-9(14-17)8-13-6-7-19-16-10(2)11(15-18)12(3,4)5/h10,13,16-18H,6-8H2,1-5H3. The number of hydroxylamine groups is 1. The molecule has 0 aliphatic carbocycles. The molecule has 1 unspecified atom stereocenters. The Balaban J connectivity index is 3.84. The average molecular weight is 274 g/mol. The Morgan fingerprint density at radius 1 is 1.26 bits per heavy atom. The molecule has 0 saturated heterocycles. The van der Waals surface area contributed by atoms with Crippen LogP contribution >= 0.6 is 0 Å². The molecule has 19 heavy (non-hydrogen) atoms. The number of hydrogen-bond acceptors (Lipinski definition) is 7. The Hall–Kier alpha value is -1.18. The molecule has 7 nitrogen and oxygen atoms in total. The van der Waals surface area contributed by atoms with Crippen molar-refractivity contribution in [1.29, 1.82) is 0 Å². The Kier molecular flexibility index (Phi) is 8.29. The van der Waals surface area contributed by atoms with E-state index in [0.717, 1.165) is 0 Å². The third-order valence-corrected chi connectivity index (χ3v) is 2.48. The van der Waals surface area contributed by atoms with Crippen molar-refractivity contribution in [2.45, 2.75) is 40.7 Å². The van der Waals surface area contributed by atoms with Crippen LogP contribution in [-0.2, 0) is 4.84 Å². The lowest BCUT2D eigenvalue weighted by molar-refractivity contribution is 0.0340. The van der Waals surface area contributed by atoms with Crippen LogP contribution < -0.4 is 10.8 Å². The predicted molar refractivity (Wildman–Crippen MR) is 75.0 cm³/mol. The van der Waals surface area contributed by atoms with Gasteiger partial charge in [0.15, 0.2) is 0 Å². The molecule has 0 aromatic heterocycles. The van der Waals surface area contributed by atoms with E-state index in [-0.39, 0.29) is 11.5 Å². The first-order valence-electron chi connectivity index (χ1n) is 6.31. The Labute approximate surface area is 114 Å². The topological polar surface area (TPSA) is 98.5 Å². The zero-order valence-corrected chi connectivity index (χ0v) is 12.4. The molecule has 0 radical (unpaired) electrons. The average Bonchev–Trinajstić information content (AvgIpc) is 2.32. The van der Waals surface area contributed by atoms with Crippen molar-refractivity contribution in [2.75, 3.05) is 19.7 Å². The van der Waals surface area contributed by atoms with Crippen LogP contribution in [0.25, 0.3) is 0 Å². The summed E-state index contributed by atoms with van der Waals surface area (Å²) in [4.78, 5) is 5.28. The number of nitrogens with zero attached hydrogens (tertiary/aromatic N) is 2. The van der Waals surface area contributed by atoms with E-state index in [1.54, 1.807) is 6.92 Å². The molecule has 0 aromatic rings. The lowest BCUT2D eigenvalue weighted by atomic mass is 9.86. The second-order valence-corrected chi connectivity index (χ2v) is 5.44. The largest absolute Gasteiger partial charge is 0.411 e. The van der Waals surface area contributed by atoms with Gasteiger partial charge in [-0.05, 0) is 13.8 Å². The van der Waals surface area contributed by atoms with E-state index in [1.165, 1.54) is 0 Å². The molecule has 0 aromatic carbocycles.